The van der Waals surface area contributed by atoms with Gasteiger partial charge in [0, 0.05) is 38.3 Å². The summed E-state index contributed by atoms with van der Waals surface area (Å²) in [5.41, 5.74) is 3.06. The van der Waals surface area contributed by atoms with Crippen LogP contribution in [0.4, 0.5) is 11.8 Å². The topological polar surface area (TPSA) is 80.7 Å². The van der Waals surface area contributed by atoms with Crippen LogP contribution >= 0.6 is 0 Å². The van der Waals surface area contributed by atoms with Crippen molar-refractivity contribution in [3.05, 3.63) is 91.1 Å². The average Bonchev–Trinajstić information content (AvgIpc) is 2.96. The number of ether oxygens (including phenoxy) is 2. The van der Waals surface area contributed by atoms with Gasteiger partial charge in [-0.2, -0.15) is 4.98 Å². The molecule has 208 valence electrons. The number of unbranched alkanes of at least 4 members (excludes halogenated alkanes) is 2. The standard InChI is InChI=1S/C29H35N5O.C3H8O/c1-5-7-8-13-19-35-26-18-12-9-15-23(26)21-31-29-32-25-17-11-10-16-24(25)28(34-29)33-27(30-4)20-22(3)14-6-2;1-3-4-2/h5-6,9-12,15-18,20H,1-2,7-8,13-14,19,21H2,3-4H3,(H2,30,31,32,33,34);3H2,1-2H3/b22-20+;. The minimum Gasteiger partial charge on any atom is -0.493 e. The fraction of sp³-hybridized carbons (Fsp3) is 0.344. The molecule has 0 atom stereocenters. The monoisotopic (exact) mass is 529 g/mol. The Balaban J connectivity index is 0.00000124. The molecule has 0 bridgehead atoms. The van der Waals surface area contributed by atoms with Gasteiger partial charge in [0.2, 0.25) is 5.95 Å². The number of benzene rings is 2. The summed E-state index contributed by atoms with van der Waals surface area (Å²) in [6, 6.07) is 16.0. The zero-order valence-corrected chi connectivity index (χ0v) is 23.9. The van der Waals surface area contributed by atoms with Crippen molar-refractivity contribution in [1.29, 1.82) is 0 Å². The van der Waals surface area contributed by atoms with Crippen LogP contribution in [0.5, 0.6) is 5.75 Å². The van der Waals surface area contributed by atoms with Gasteiger partial charge in [0.1, 0.15) is 17.4 Å². The van der Waals surface area contributed by atoms with E-state index < -0.39 is 0 Å². The minimum absolute atomic E-state index is 0.536. The Morgan fingerprint density at radius 2 is 1.77 bits per heavy atom. The van der Waals surface area contributed by atoms with Gasteiger partial charge >= 0.3 is 0 Å². The number of anilines is 2. The third-order valence-electron chi connectivity index (χ3n) is 5.70. The fourth-order valence-corrected chi connectivity index (χ4v) is 3.59. The van der Waals surface area contributed by atoms with Crippen molar-refractivity contribution in [3.8, 4) is 5.75 Å². The van der Waals surface area contributed by atoms with Crippen LogP contribution in [0.1, 0.15) is 45.1 Å². The van der Waals surface area contributed by atoms with Gasteiger partial charge in [-0.15, -0.1) is 13.2 Å². The largest absolute Gasteiger partial charge is 0.493 e. The smallest absolute Gasteiger partial charge is 0.225 e. The maximum atomic E-state index is 6.03. The Labute approximate surface area is 233 Å². The van der Waals surface area contributed by atoms with E-state index in [2.05, 4.69) is 46.5 Å². The van der Waals surface area contributed by atoms with Gasteiger partial charge in [-0.1, -0.05) is 48.1 Å². The lowest BCUT2D eigenvalue weighted by atomic mass is 10.2. The van der Waals surface area contributed by atoms with Crippen molar-refractivity contribution in [2.45, 2.75) is 46.1 Å². The van der Waals surface area contributed by atoms with Gasteiger partial charge < -0.3 is 20.1 Å². The second kappa shape index (κ2) is 18.3. The number of allylic oxidation sites excluding steroid dienone is 3. The molecule has 0 saturated heterocycles. The minimum atomic E-state index is 0.536. The summed E-state index contributed by atoms with van der Waals surface area (Å²) in [6.45, 7) is 13.6. The van der Waals surface area contributed by atoms with E-state index in [0.29, 0.717) is 24.9 Å². The van der Waals surface area contributed by atoms with Crippen molar-refractivity contribution >= 4 is 28.5 Å². The van der Waals surface area contributed by atoms with Crippen LogP contribution in [0.2, 0.25) is 0 Å². The molecule has 2 aromatic carbocycles. The summed E-state index contributed by atoms with van der Waals surface area (Å²) >= 11 is 0. The van der Waals surface area contributed by atoms with Crippen LogP contribution in [-0.2, 0) is 11.3 Å². The predicted molar refractivity (Wildman–Crippen MR) is 166 cm³/mol. The summed E-state index contributed by atoms with van der Waals surface area (Å²) in [7, 11) is 3.44. The molecule has 3 aromatic rings. The van der Waals surface area contributed by atoms with Crippen LogP contribution < -0.4 is 15.4 Å². The van der Waals surface area contributed by atoms with Gasteiger partial charge in [-0.25, -0.2) is 4.98 Å². The first-order valence-corrected chi connectivity index (χ1v) is 13.4. The summed E-state index contributed by atoms with van der Waals surface area (Å²) in [5.74, 6) is 2.85. The molecule has 1 heterocycles. The van der Waals surface area contributed by atoms with Crippen LogP contribution in [0, 0.1) is 0 Å². The van der Waals surface area contributed by atoms with E-state index in [1.807, 2.05) is 67.6 Å². The highest BCUT2D eigenvalue weighted by atomic mass is 16.5. The van der Waals surface area contributed by atoms with E-state index in [1.54, 1.807) is 14.2 Å². The summed E-state index contributed by atoms with van der Waals surface area (Å²) in [6.07, 6.45) is 9.72. The normalized spacial score (nSPS) is 11.4. The molecule has 0 radical (unpaired) electrons. The van der Waals surface area contributed by atoms with Crippen molar-refractivity contribution in [2.24, 2.45) is 4.99 Å². The molecule has 2 N–H and O–H groups in total. The Bertz CT molecular complexity index is 1230. The molecule has 0 unspecified atom stereocenters. The predicted octanol–water partition coefficient (Wildman–Crippen LogP) is 7.59. The number of amidine groups is 1. The first-order chi connectivity index (χ1) is 19.1. The molecule has 3 rings (SSSR count). The highest BCUT2D eigenvalue weighted by molar-refractivity contribution is 6.07. The number of hydrogen-bond acceptors (Lipinski definition) is 6. The Morgan fingerprint density at radius 1 is 1.03 bits per heavy atom. The lowest BCUT2D eigenvalue weighted by molar-refractivity contribution is 0.215. The molecule has 0 spiro atoms. The van der Waals surface area contributed by atoms with E-state index in [9.17, 15) is 0 Å². The van der Waals surface area contributed by atoms with E-state index in [1.165, 1.54) is 0 Å². The molecule has 7 nitrogen and oxygen atoms in total. The van der Waals surface area contributed by atoms with E-state index >= 15 is 0 Å². The number of para-hydroxylation sites is 2. The maximum absolute atomic E-state index is 6.03. The second-order valence-electron chi connectivity index (χ2n) is 8.80. The molecule has 0 fully saturated rings. The van der Waals surface area contributed by atoms with Crippen LogP contribution in [-0.4, -0.2) is 43.2 Å². The zero-order valence-electron chi connectivity index (χ0n) is 23.9. The zero-order chi connectivity index (χ0) is 28.3. The Hall–Kier alpha value is -3.97. The summed E-state index contributed by atoms with van der Waals surface area (Å²) in [4.78, 5) is 13.9. The average molecular weight is 530 g/mol. The SMILES string of the molecule is C=CCCCCOc1ccccc1CNc1nc(NC(/C=C(\C)CC=C)=NC)c2ccccc2n1.CCOC. The van der Waals surface area contributed by atoms with Crippen molar-refractivity contribution < 1.29 is 9.47 Å². The molecular weight excluding hydrogens is 486 g/mol. The van der Waals surface area contributed by atoms with Crippen LogP contribution in [0.3, 0.4) is 0 Å². The van der Waals surface area contributed by atoms with E-state index in [0.717, 1.165) is 65.9 Å². The van der Waals surface area contributed by atoms with Gasteiger partial charge in [0.15, 0.2) is 0 Å². The number of methoxy groups -OCH3 is 1. The van der Waals surface area contributed by atoms with Crippen molar-refractivity contribution in [2.75, 3.05) is 38.0 Å². The fourth-order valence-electron chi connectivity index (χ4n) is 3.59. The highest BCUT2D eigenvalue weighted by Crippen LogP contribution is 2.24. The van der Waals surface area contributed by atoms with E-state index in [-0.39, 0.29) is 0 Å². The highest BCUT2D eigenvalue weighted by Gasteiger charge is 2.10. The molecule has 0 saturated carbocycles. The Morgan fingerprint density at radius 3 is 2.49 bits per heavy atom. The third-order valence-corrected chi connectivity index (χ3v) is 5.70. The Kier molecular flexibility index (Phi) is 14.7. The maximum Gasteiger partial charge on any atom is 0.225 e. The first-order valence-electron chi connectivity index (χ1n) is 13.4. The summed E-state index contributed by atoms with van der Waals surface area (Å²) in [5, 5.41) is 7.67. The van der Waals surface area contributed by atoms with Crippen molar-refractivity contribution in [3.63, 3.8) is 0 Å². The summed E-state index contributed by atoms with van der Waals surface area (Å²) < 4.78 is 10.6. The second-order valence-corrected chi connectivity index (χ2v) is 8.80. The molecule has 0 aliphatic carbocycles. The number of nitrogens with one attached hydrogen (secondary N) is 2. The molecule has 1 aromatic heterocycles. The number of aliphatic imine (C=N–C) groups is 1. The van der Waals surface area contributed by atoms with E-state index in [4.69, 9.17) is 14.7 Å². The van der Waals surface area contributed by atoms with Gasteiger partial charge in [0.25, 0.3) is 0 Å². The van der Waals surface area contributed by atoms with Gasteiger partial charge in [0.05, 0.1) is 12.1 Å². The van der Waals surface area contributed by atoms with Crippen LogP contribution in [0.25, 0.3) is 10.9 Å². The number of hydrogen-bond donors (Lipinski definition) is 2. The molecule has 39 heavy (non-hydrogen) atoms. The number of nitrogens with zero attached hydrogens (tertiary/aromatic N) is 3. The number of fused-ring (bicyclic) bond motifs is 1. The molecular formula is C32H43N5O2. The quantitative estimate of drug-likeness (QED) is 0.0969. The third kappa shape index (κ3) is 11.1. The lowest BCUT2D eigenvalue weighted by Crippen LogP contribution is -2.13. The molecule has 0 aliphatic rings. The lowest BCUT2D eigenvalue weighted by Gasteiger charge is -2.14. The molecule has 0 aliphatic heterocycles. The van der Waals surface area contributed by atoms with Gasteiger partial charge in [-0.05, 0) is 63.8 Å². The number of rotatable bonds is 14. The molecule has 7 heteroatoms. The van der Waals surface area contributed by atoms with Crippen molar-refractivity contribution in [1.82, 2.24) is 9.97 Å². The first kappa shape index (κ1) is 31.2. The number of aromatic nitrogens is 2. The molecule has 0 amide bonds. The van der Waals surface area contributed by atoms with Crippen LogP contribution in [0.15, 0.2) is 90.5 Å². The van der Waals surface area contributed by atoms with Gasteiger partial charge in [-0.3, -0.25) is 4.99 Å².